The standard InChI is InChI=1S/C18H15FN2OS/c1-12(18(22)21-16-9-5-3-7-14(16)19)23-17-11-10-13-6-2-4-8-15(13)20-17/h2-12H,1H3,(H,21,22)/t12-/m1/s1. The van der Waals surface area contributed by atoms with Crippen LogP contribution in [0.4, 0.5) is 10.1 Å². The zero-order valence-electron chi connectivity index (χ0n) is 12.5. The van der Waals surface area contributed by atoms with Gasteiger partial charge in [0.25, 0.3) is 0 Å². The summed E-state index contributed by atoms with van der Waals surface area (Å²) >= 11 is 1.35. The lowest BCUT2D eigenvalue weighted by Gasteiger charge is -2.12. The Kier molecular flexibility index (Phi) is 4.57. The number of thioether (sulfide) groups is 1. The van der Waals surface area contributed by atoms with Crippen molar-refractivity contribution in [1.82, 2.24) is 4.98 Å². The first kappa shape index (κ1) is 15.5. The van der Waals surface area contributed by atoms with Crippen LogP contribution in [-0.2, 0) is 4.79 Å². The Hall–Kier alpha value is -2.40. The van der Waals surface area contributed by atoms with E-state index in [1.807, 2.05) is 36.4 Å². The summed E-state index contributed by atoms with van der Waals surface area (Å²) in [5.41, 5.74) is 1.08. The van der Waals surface area contributed by atoms with E-state index in [1.165, 1.54) is 17.8 Å². The maximum absolute atomic E-state index is 13.6. The van der Waals surface area contributed by atoms with Gasteiger partial charge in [-0.2, -0.15) is 0 Å². The molecular weight excluding hydrogens is 311 g/mol. The minimum Gasteiger partial charge on any atom is -0.323 e. The molecule has 0 unspecified atom stereocenters. The monoisotopic (exact) mass is 326 g/mol. The highest BCUT2D eigenvalue weighted by Crippen LogP contribution is 2.25. The van der Waals surface area contributed by atoms with E-state index in [1.54, 1.807) is 25.1 Å². The van der Waals surface area contributed by atoms with Crippen molar-refractivity contribution in [3.63, 3.8) is 0 Å². The highest BCUT2D eigenvalue weighted by molar-refractivity contribution is 8.00. The molecule has 1 heterocycles. The third-order valence-electron chi connectivity index (χ3n) is 3.37. The van der Waals surface area contributed by atoms with E-state index in [-0.39, 0.29) is 16.8 Å². The minimum atomic E-state index is -0.443. The molecule has 0 saturated carbocycles. The smallest absolute Gasteiger partial charge is 0.237 e. The first-order chi connectivity index (χ1) is 11.1. The molecule has 0 radical (unpaired) electrons. The Balaban J connectivity index is 1.71. The van der Waals surface area contributed by atoms with E-state index in [2.05, 4.69) is 10.3 Å². The number of nitrogens with zero attached hydrogens (tertiary/aromatic N) is 1. The van der Waals surface area contributed by atoms with Crippen molar-refractivity contribution >= 4 is 34.3 Å². The predicted molar refractivity (Wildman–Crippen MR) is 92.1 cm³/mol. The molecule has 0 aliphatic rings. The fraction of sp³-hybridized carbons (Fsp3) is 0.111. The number of pyridine rings is 1. The summed E-state index contributed by atoms with van der Waals surface area (Å²) < 4.78 is 13.6. The van der Waals surface area contributed by atoms with E-state index < -0.39 is 5.82 Å². The number of halogens is 1. The number of nitrogens with one attached hydrogen (secondary N) is 1. The molecule has 5 heteroatoms. The van der Waals surface area contributed by atoms with E-state index >= 15 is 0 Å². The number of benzene rings is 2. The molecule has 3 rings (SSSR count). The number of anilines is 1. The molecule has 0 spiro atoms. The summed E-state index contributed by atoms with van der Waals surface area (Å²) in [6.45, 7) is 1.78. The number of amides is 1. The van der Waals surface area contributed by atoms with Gasteiger partial charge in [0.2, 0.25) is 5.91 Å². The number of para-hydroxylation sites is 2. The van der Waals surface area contributed by atoms with Gasteiger partial charge in [0.1, 0.15) is 5.82 Å². The Bertz CT molecular complexity index is 853. The maximum Gasteiger partial charge on any atom is 0.237 e. The predicted octanol–water partition coefficient (Wildman–Crippen LogP) is 4.49. The fourth-order valence-corrected chi connectivity index (χ4v) is 2.97. The summed E-state index contributed by atoms with van der Waals surface area (Å²) in [7, 11) is 0. The average molecular weight is 326 g/mol. The Labute approximate surface area is 137 Å². The third kappa shape index (κ3) is 3.68. The van der Waals surface area contributed by atoms with Crippen molar-refractivity contribution < 1.29 is 9.18 Å². The second kappa shape index (κ2) is 6.79. The highest BCUT2D eigenvalue weighted by Gasteiger charge is 2.16. The molecule has 0 saturated heterocycles. The van der Waals surface area contributed by atoms with Gasteiger partial charge in [0.15, 0.2) is 0 Å². The van der Waals surface area contributed by atoms with Gasteiger partial charge in [-0.15, -0.1) is 0 Å². The van der Waals surface area contributed by atoms with Crippen LogP contribution in [0, 0.1) is 5.82 Å². The minimum absolute atomic E-state index is 0.191. The number of fused-ring (bicyclic) bond motifs is 1. The van der Waals surface area contributed by atoms with Crippen LogP contribution in [0.3, 0.4) is 0 Å². The van der Waals surface area contributed by atoms with Crippen LogP contribution in [0.2, 0.25) is 0 Å². The quantitative estimate of drug-likeness (QED) is 0.718. The molecule has 1 N–H and O–H groups in total. The van der Waals surface area contributed by atoms with Gasteiger partial charge >= 0.3 is 0 Å². The second-order valence-corrected chi connectivity index (χ2v) is 6.43. The SMILES string of the molecule is C[C@@H](Sc1ccc2ccccc2n1)C(=O)Nc1ccccc1F. The molecule has 1 atom stereocenters. The molecule has 0 bridgehead atoms. The molecule has 116 valence electrons. The Morgan fingerprint density at radius 1 is 1.09 bits per heavy atom. The summed E-state index contributed by atoms with van der Waals surface area (Å²) in [5.74, 6) is -0.697. The lowest BCUT2D eigenvalue weighted by molar-refractivity contribution is -0.115. The van der Waals surface area contributed by atoms with Crippen LogP contribution in [0.15, 0.2) is 65.7 Å². The molecule has 0 fully saturated rings. The summed E-state index contributed by atoms with van der Waals surface area (Å²) in [5, 5.41) is 4.04. The number of rotatable bonds is 4. The van der Waals surface area contributed by atoms with E-state index in [0.717, 1.165) is 15.9 Å². The van der Waals surface area contributed by atoms with Crippen LogP contribution < -0.4 is 5.32 Å². The van der Waals surface area contributed by atoms with Gasteiger partial charge in [0.05, 0.1) is 21.5 Å². The van der Waals surface area contributed by atoms with E-state index in [0.29, 0.717) is 0 Å². The van der Waals surface area contributed by atoms with Crippen molar-refractivity contribution in [3.05, 3.63) is 66.5 Å². The van der Waals surface area contributed by atoms with Crippen molar-refractivity contribution in [2.45, 2.75) is 17.2 Å². The fourth-order valence-electron chi connectivity index (χ4n) is 2.14. The Morgan fingerprint density at radius 2 is 1.83 bits per heavy atom. The van der Waals surface area contributed by atoms with Crippen LogP contribution in [0.1, 0.15) is 6.92 Å². The summed E-state index contributed by atoms with van der Waals surface area (Å²) in [6, 6.07) is 17.8. The molecule has 3 aromatic rings. The molecule has 3 nitrogen and oxygen atoms in total. The van der Waals surface area contributed by atoms with Gasteiger partial charge in [-0.25, -0.2) is 9.37 Å². The lowest BCUT2D eigenvalue weighted by atomic mass is 10.2. The Morgan fingerprint density at radius 3 is 2.65 bits per heavy atom. The molecule has 23 heavy (non-hydrogen) atoms. The van der Waals surface area contributed by atoms with Crippen LogP contribution in [0.5, 0.6) is 0 Å². The molecular formula is C18H15FN2OS. The van der Waals surface area contributed by atoms with E-state index in [4.69, 9.17) is 0 Å². The van der Waals surface area contributed by atoms with Crippen molar-refractivity contribution in [1.29, 1.82) is 0 Å². The van der Waals surface area contributed by atoms with Crippen molar-refractivity contribution in [3.8, 4) is 0 Å². The number of carbonyl (C=O) groups excluding carboxylic acids is 1. The largest absolute Gasteiger partial charge is 0.323 e. The van der Waals surface area contributed by atoms with Crippen molar-refractivity contribution in [2.75, 3.05) is 5.32 Å². The number of hydrogen-bond donors (Lipinski definition) is 1. The van der Waals surface area contributed by atoms with Gasteiger partial charge in [-0.3, -0.25) is 4.79 Å². The normalized spacial score (nSPS) is 12.1. The van der Waals surface area contributed by atoms with Gasteiger partial charge in [-0.05, 0) is 31.2 Å². The molecule has 0 aliphatic carbocycles. The van der Waals surface area contributed by atoms with Crippen molar-refractivity contribution in [2.24, 2.45) is 0 Å². The maximum atomic E-state index is 13.6. The summed E-state index contributed by atoms with van der Waals surface area (Å²) in [4.78, 5) is 16.7. The topological polar surface area (TPSA) is 42.0 Å². The molecule has 1 amide bonds. The average Bonchev–Trinajstić information content (AvgIpc) is 2.56. The third-order valence-corrected chi connectivity index (χ3v) is 4.41. The first-order valence-corrected chi connectivity index (χ1v) is 8.09. The molecule has 2 aromatic carbocycles. The lowest BCUT2D eigenvalue weighted by Crippen LogP contribution is -2.23. The molecule has 0 aliphatic heterocycles. The van der Waals surface area contributed by atoms with Gasteiger partial charge in [0, 0.05) is 5.39 Å². The van der Waals surface area contributed by atoms with Gasteiger partial charge in [-0.1, -0.05) is 48.2 Å². The zero-order chi connectivity index (χ0) is 16.2. The first-order valence-electron chi connectivity index (χ1n) is 7.21. The number of aromatic nitrogens is 1. The summed E-state index contributed by atoms with van der Waals surface area (Å²) in [6.07, 6.45) is 0. The molecule has 1 aromatic heterocycles. The number of hydrogen-bond acceptors (Lipinski definition) is 3. The zero-order valence-corrected chi connectivity index (χ0v) is 13.3. The van der Waals surface area contributed by atoms with Gasteiger partial charge < -0.3 is 5.32 Å². The van der Waals surface area contributed by atoms with Crippen LogP contribution in [-0.4, -0.2) is 16.1 Å². The van der Waals surface area contributed by atoms with E-state index in [9.17, 15) is 9.18 Å². The van der Waals surface area contributed by atoms with Crippen LogP contribution >= 0.6 is 11.8 Å². The second-order valence-electron chi connectivity index (χ2n) is 5.07. The highest BCUT2D eigenvalue weighted by atomic mass is 32.2. The number of carbonyl (C=O) groups is 1. The van der Waals surface area contributed by atoms with Crippen LogP contribution in [0.25, 0.3) is 10.9 Å².